The van der Waals surface area contributed by atoms with Crippen LogP contribution < -0.4 is 4.74 Å². The maximum absolute atomic E-state index is 14.9. The molecule has 1 saturated heterocycles. The van der Waals surface area contributed by atoms with Gasteiger partial charge in [0.15, 0.2) is 23.2 Å². The highest BCUT2D eigenvalue weighted by molar-refractivity contribution is 5.75. The Balaban J connectivity index is 1.19. The molecule has 1 N–H and O–H groups in total. The summed E-state index contributed by atoms with van der Waals surface area (Å²) >= 11 is 0. The molecule has 37 heavy (non-hydrogen) atoms. The zero-order valence-corrected chi connectivity index (χ0v) is 20.8. The number of esters is 1. The molecular formula is C29H32F4O4. The highest BCUT2D eigenvalue weighted by Crippen LogP contribution is 2.42. The maximum atomic E-state index is 14.9. The molecule has 0 radical (unpaired) electrons. The monoisotopic (exact) mass is 520 g/mol. The van der Waals surface area contributed by atoms with Crippen molar-refractivity contribution in [2.75, 3.05) is 6.61 Å². The van der Waals surface area contributed by atoms with E-state index in [0.29, 0.717) is 50.7 Å². The average Bonchev–Trinajstić information content (AvgIpc) is 3.74. The quantitative estimate of drug-likeness (QED) is 0.196. The number of benzene rings is 2. The molecular weight excluding hydrogens is 488 g/mol. The standard InChI is InChI=1S/C29H32F4O4/c1-15(34)16-2-4-17(5-3-16)21-12-13-23(28(33)26(21)31)37-29(35)19-8-6-18(7-9-19)20-10-11-22(24-14-36-24)27(32)25(20)30/h10-13,15-19,24,34H,2-9,14H2,1H3. The van der Waals surface area contributed by atoms with Crippen molar-refractivity contribution < 1.29 is 36.9 Å². The SMILES string of the molecule is CC(O)C1CCC(c2ccc(OC(=O)C3CCC(c4ccc(C5CO5)c(F)c4F)CC3)c(F)c2F)CC1. The fourth-order valence-corrected chi connectivity index (χ4v) is 6.06. The van der Waals surface area contributed by atoms with Gasteiger partial charge in [-0.15, -0.1) is 0 Å². The van der Waals surface area contributed by atoms with Gasteiger partial charge in [0.25, 0.3) is 0 Å². The molecule has 4 nitrogen and oxygen atoms in total. The van der Waals surface area contributed by atoms with Gasteiger partial charge in [-0.25, -0.2) is 13.2 Å². The Labute approximate surface area is 214 Å². The molecule has 8 heteroatoms. The van der Waals surface area contributed by atoms with Gasteiger partial charge >= 0.3 is 5.97 Å². The van der Waals surface area contributed by atoms with Crippen molar-refractivity contribution >= 4 is 5.97 Å². The number of hydrogen-bond donors (Lipinski definition) is 1. The van der Waals surface area contributed by atoms with Gasteiger partial charge in [-0.3, -0.25) is 4.79 Å². The maximum Gasteiger partial charge on any atom is 0.314 e. The Kier molecular flexibility index (Phi) is 7.59. The van der Waals surface area contributed by atoms with E-state index >= 15 is 0 Å². The summed E-state index contributed by atoms with van der Waals surface area (Å²) in [5, 5.41) is 9.77. The summed E-state index contributed by atoms with van der Waals surface area (Å²) < 4.78 is 69.1. The zero-order chi connectivity index (χ0) is 26.3. The molecule has 2 atom stereocenters. The molecule has 1 aliphatic heterocycles. The average molecular weight is 521 g/mol. The largest absolute Gasteiger partial charge is 0.423 e. The van der Waals surface area contributed by atoms with E-state index < -0.39 is 47.0 Å². The molecule has 0 amide bonds. The lowest BCUT2D eigenvalue weighted by Gasteiger charge is -2.30. The van der Waals surface area contributed by atoms with E-state index in [1.54, 1.807) is 19.1 Å². The minimum Gasteiger partial charge on any atom is -0.423 e. The number of aliphatic hydroxyl groups is 1. The second-order valence-electron chi connectivity index (χ2n) is 10.8. The van der Waals surface area contributed by atoms with Crippen LogP contribution in [0.5, 0.6) is 5.75 Å². The lowest BCUT2D eigenvalue weighted by atomic mass is 9.77. The number of aliphatic hydroxyl groups excluding tert-OH is 1. The Morgan fingerprint density at radius 2 is 1.30 bits per heavy atom. The third-order valence-corrected chi connectivity index (χ3v) is 8.50. The highest BCUT2D eigenvalue weighted by Gasteiger charge is 2.34. The van der Waals surface area contributed by atoms with Gasteiger partial charge in [0.1, 0.15) is 6.10 Å². The molecule has 0 spiro atoms. The predicted molar refractivity (Wildman–Crippen MR) is 128 cm³/mol. The molecule has 2 saturated carbocycles. The summed E-state index contributed by atoms with van der Waals surface area (Å²) in [5.74, 6) is -5.71. The number of carbonyl (C=O) groups excluding carboxylic acids is 1. The third kappa shape index (κ3) is 5.41. The lowest BCUT2D eigenvalue weighted by Crippen LogP contribution is -2.26. The summed E-state index contributed by atoms with van der Waals surface area (Å²) in [4.78, 5) is 12.7. The first-order valence-electron chi connectivity index (χ1n) is 13.2. The summed E-state index contributed by atoms with van der Waals surface area (Å²) in [5.41, 5.74) is 0.793. The van der Waals surface area contributed by atoms with Crippen LogP contribution in [0, 0.1) is 35.1 Å². The molecule has 0 bridgehead atoms. The Bertz CT molecular complexity index is 1150. The molecule has 2 aromatic carbocycles. The number of epoxide rings is 1. The van der Waals surface area contributed by atoms with Gasteiger partial charge in [0.2, 0.25) is 5.82 Å². The van der Waals surface area contributed by atoms with Crippen LogP contribution in [0.2, 0.25) is 0 Å². The molecule has 5 rings (SSSR count). The van der Waals surface area contributed by atoms with Crippen LogP contribution in [0.1, 0.15) is 92.9 Å². The molecule has 2 unspecified atom stereocenters. The first kappa shape index (κ1) is 26.2. The van der Waals surface area contributed by atoms with E-state index in [1.807, 2.05) is 0 Å². The molecule has 200 valence electrons. The summed E-state index contributed by atoms with van der Waals surface area (Å²) in [6, 6.07) is 5.95. The minimum atomic E-state index is -1.17. The molecule has 0 aromatic heterocycles. The van der Waals surface area contributed by atoms with Crippen LogP contribution in [0.4, 0.5) is 17.6 Å². The van der Waals surface area contributed by atoms with Crippen molar-refractivity contribution in [3.8, 4) is 5.75 Å². The van der Waals surface area contributed by atoms with Crippen molar-refractivity contribution in [1.82, 2.24) is 0 Å². The summed E-state index contributed by atoms with van der Waals surface area (Å²) in [6.45, 7) is 2.14. The highest BCUT2D eigenvalue weighted by atomic mass is 19.2. The van der Waals surface area contributed by atoms with E-state index in [-0.39, 0.29) is 35.0 Å². The normalized spacial score (nSPS) is 28.5. The van der Waals surface area contributed by atoms with Crippen LogP contribution in [-0.2, 0) is 9.53 Å². The zero-order valence-electron chi connectivity index (χ0n) is 20.8. The van der Waals surface area contributed by atoms with Crippen molar-refractivity contribution in [2.24, 2.45) is 11.8 Å². The lowest BCUT2D eigenvalue weighted by molar-refractivity contribution is -0.140. The van der Waals surface area contributed by atoms with E-state index in [2.05, 4.69) is 0 Å². The molecule has 1 heterocycles. The van der Waals surface area contributed by atoms with E-state index in [1.165, 1.54) is 12.1 Å². The van der Waals surface area contributed by atoms with Crippen molar-refractivity contribution in [3.05, 3.63) is 64.2 Å². The van der Waals surface area contributed by atoms with Gasteiger partial charge in [-0.1, -0.05) is 18.2 Å². The molecule has 2 aromatic rings. The Morgan fingerprint density at radius 3 is 1.86 bits per heavy atom. The van der Waals surface area contributed by atoms with Crippen LogP contribution >= 0.6 is 0 Å². The topological polar surface area (TPSA) is 59.1 Å². The summed E-state index contributed by atoms with van der Waals surface area (Å²) in [7, 11) is 0. The third-order valence-electron chi connectivity index (χ3n) is 8.50. The van der Waals surface area contributed by atoms with E-state index in [4.69, 9.17) is 9.47 Å². The molecule has 2 aliphatic carbocycles. The van der Waals surface area contributed by atoms with Gasteiger partial charge in [-0.2, -0.15) is 4.39 Å². The minimum absolute atomic E-state index is 0.138. The first-order valence-corrected chi connectivity index (χ1v) is 13.2. The van der Waals surface area contributed by atoms with Crippen molar-refractivity contribution in [3.63, 3.8) is 0 Å². The predicted octanol–water partition coefficient (Wildman–Crippen LogP) is 6.85. The van der Waals surface area contributed by atoms with Gasteiger partial charge < -0.3 is 14.6 Å². The molecule has 3 fully saturated rings. The van der Waals surface area contributed by atoms with Gasteiger partial charge in [0, 0.05) is 5.56 Å². The number of hydrogen-bond acceptors (Lipinski definition) is 4. The second-order valence-corrected chi connectivity index (χ2v) is 10.8. The van der Waals surface area contributed by atoms with Crippen molar-refractivity contribution in [2.45, 2.75) is 82.3 Å². The fourth-order valence-electron chi connectivity index (χ4n) is 6.06. The second kappa shape index (κ2) is 10.7. The van der Waals surface area contributed by atoms with Gasteiger partial charge in [0.05, 0.1) is 18.6 Å². The number of halogens is 4. The van der Waals surface area contributed by atoms with Crippen LogP contribution in [0.25, 0.3) is 0 Å². The van der Waals surface area contributed by atoms with E-state index in [0.717, 1.165) is 12.8 Å². The van der Waals surface area contributed by atoms with Crippen LogP contribution in [0.15, 0.2) is 24.3 Å². The Hall–Kier alpha value is -2.45. The van der Waals surface area contributed by atoms with Crippen LogP contribution in [0.3, 0.4) is 0 Å². The number of carbonyl (C=O) groups is 1. The number of rotatable bonds is 6. The van der Waals surface area contributed by atoms with Crippen molar-refractivity contribution in [1.29, 1.82) is 0 Å². The van der Waals surface area contributed by atoms with E-state index in [9.17, 15) is 27.5 Å². The molecule has 3 aliphatic rings. The first-order chi connectivity index (χ1) is 17.7. The number of ether oxygens (including phenoxy) is 2. The summed E-state index contributed by atoms with van der Waals surface area (Å²) in [6.07, 6.45) is 3.71. The Morgan fingerprint density at radius 1 is 0.811 bits per heavy atom. The fraction of sp³-hybridized carbons (Fsp3) is 0.552. The van der Waals surface area contributed by atoms with Gasteiger partial charge in [-0.05, 0) is 93.2 Å². The van der Waals surface area contributed by atoms with Crippen LogP contribution in [-0.4, -0.2) is 23.8 Å². The smallest absolute Gasteiger partial charge is 0.314 e.